The molecule has 2 rings (SSSR count). The quantitative estimate of drug-likeness (QED) is 0.846. The molecule has 0 radical (unpaired) electrons. The molecule has 0 saturated heterocycles. The lowest BCUT2D eigenvalue weighted by Gasteiger charge is -2.30. The van der Waals surface area contributed by atoms with Gasteiger partial charge in [-0.2, -0.15) is 5.10 Å². The van der Waals surface area contributed by atoms with Crippen LogP contribution in [0.15, 0.2) is 0 Å². The summed E-state index contributed by atoms with van der Waals surface area (Å²) in [6, 6.07) is 0. The van der Waals surface area contributed by atoms with Crippen LogP contribution in [0.4, 0.5) is 4.79 Å². The topological polar surface area (TPSA) is 84.7 Å². The number of amides is 1. The third-order valence-corrected chi connectivity index (χ3v) is 3.10. The number of hydrogen-bond donors (Lipinski definition) is 1. The van der Waals surface area contributed by atoms with E-state index in [0.717, 1.165) is 5.69 Å². The minimum absolute atomic E-state index is 0.0473. The van der Waals surface area contributed by atoms with Gasteiger partial charge in [-0.25, -0.2) is 9.59 Å². The Kier molecular flexibility index (Phi) is 3.45. The molecule has 2 heterocycles. The van der Waals surface area contributed by atoms with E-state index < -0.39 is 11.6 Å². The summed E-state index contributed by atoms with van der Waals surface area (Å²) < 4.78 is 6.98. The molecule has 1 N–H and O–H groups in total. The van der Waals surface area contributed by atoms with E-state index >= 15 is 0 Å². The van der Waals surface area contributed by atoms with Crippen LogP contribution in [-0.2, 0) is 17.8 Å². The van der Waals surface area contributed by atoms with E-state index in [2.05, 4.69) is 5.10 Å². The molecule has 0 spiro atoms. The molecule has 0 aliphatic carbocycles. The van der Waals surface area contributed by atoms with Gasteiger partial charge in [0.1, 0.15) is 5.60 Å². The van der Waals surface area contributed by atoms with E-state index in [1.165, 1.54) is 0 Å². The maximum absolute atomic E-state index is 12.0. The van der Waals surface area contributed by atoms with E-state index in [-0.39, 0.29) is 11.8 Å². The Morgan fingerprint density at radius 2 is 1.95 bits per heavy atom. The Morgan fingerprint density at radius 3 is 2.50 bits per heavy atom. The molecule has 1 aliphatic heterocycles. The largest absolute Gasteiger partial charge is 0.476 e. The van der Waals surface area contributed by atoms with Crippen LogP contribution in [0.3, 0.4) is 0 Å². The van der Waals surface area contributed by atoms with Gasteiger partial charge in [-0.3, -0.25) is 4.68 Å². The number of nitrogens with zero attached hydrogens (tertiary/aromatic N) is 3. The molecule has 1 aliphatic rings. The minimum atomic E-state index is -1.05. The molecule has 0 fully saturated rings. The average molecular weight is 281 g/mol. The van der Waals surface area contributed by atoms with Gasteiger partial charge in [-0.15, -0.1) is 0 Å². The van der Waals surface area contributed by atoms with Gasteiger partial charge in [0.25, 0.3) is 0 Å². The number of rotatable bonds is 1. The smallest absolute Gasteiger partial charge is 0.410 e. The van der Waals surface area contributed by atoms with Crippen LogP contribution in [0, 0.1) is 6.92 Å². The number of carboxylic acids is 1. The van der Waals surface area contributed by atoms with E-state index in [4.69, 9.17) is 9.84 Å². The Balaban J connectivity index is 2.19. The van der Waals surface area contributed by atoms with E-state index in [9.17, 15) is 9.59 Å². The first-order valence-electron chi connectivity index (χ1n) is 6.46. The second-order valence-electron chi connectivity index (χ2n) is 5.85. The molecule has 0 aromatic carbocycles. The molecule has 110 valence electrons. The monoisotopic (exact) mass is 281 g/mol. The van der Waals surface area contributed by atoms with E-state index in [1.54, 1.807) is 16.5 Å². The fraction of sp³-hybridized carbons (Fsp3) is 0.615. The number of carbonyl (C=O) groups excluding carboxylic acids is 1. The summed E-state index contributed by atoms with van der Waals surface area (Å²) in [5.74, 6) is -1.05. The first-order chi connectivity index (χ1) is 9.19. The van der Waals surface area contributed by atoms with Crippen molar-refractivity contribution in [3.63, 3.8) is 0 Å². The maximum atomic E-state index is 12.0. The molecule has 0 saturated carbocycles. The lowest BCUT2D eigenvalue weighted by Crippen LogP contribution is -2.41. The molecule has 0 atom stereocenters. The molecule has 20 heavy (non-hydrogen) atoms. The van der Waals surface area contributed by atoms with Gasteiger partial charge in [0.05, 0.1) is 18.8 Å². The summed E-state index contributed by atoms with van der Waals surface area (Å²) >= 11 is 0. The van der Waals surface area contributed by atoms with Crippen molar-refractivity contribution in [3.05, 3.63) is 17.0 Å². The van der Waals surface area contributed by atoms with Crippen LogP contribution < -0.4 is 0 Å². The van der Waals surface area contributed by atoms with Crippen LogP contribution >= 0.6 is 0 Å². The predicted molar refractivity (Wildman–Crippen MR) is 70.6 cm³/mol. The highest BCUT2D eigenvalue weighted by atomic mass is 16.6. The normalized spacial score (nSPS) is 14.9. The molecule has 1 aromatic rings. The van der Waals surface area contributed by atoms with Crippen molar-refractivity contribution < 1.29 is 19.4 Å². The zero-order valence-electron chi connectivity index (χ0n) is 12.1. The van der Waals surface area contributed by atoms with Crippen LogP contribution in [0.25, 0.3) is 0 Å². The highest BCUT2D eigenvalue weighted by Gasteiger charge is 2.29. The molecule has 0 unspecified atom stereocenters. The predicted octanol–water partition coefficient (Wildman–Crippen LogP) is 1.64. The van der Waals surface area contributed by atoms with Crippen molar-refractivity contribution in [2.75, 3.05) is 6.54 Å². The van der Waals surface area contributed by atoms with Crippen molar-refractivity contribution in [2.45, 2.75) is 46.4 Å². The van der Waals surface area contributed by atoms with Crippen LogP contribution in [0.5, 0.6) is 0 Å². The molecule has 7 nitrogen and oxygen atoms in total. The van der Waals surface area contributed by atoms with Gasteiger partial charge in [0.2, 0.25) is 0 Å². The standard InChI is InChI=1S/C13H19N3O4/c1-8-9-7-15(12(19)20-13(2,3)4)5-6-16(9)14-10(8)11(17)18/h5-7H2,1-4H3,(H,17,18). The number of fused-ring (bicyclic) bond motifs is 1. The van der Waals surface area contributed by atoms with Crippen molar-refractivity contribution in [2.24, 2.45) is 0 Å². The Morgan fingerprint density at radius 1 is 1.30 bits per heavy atom. The highest BCUT2D eigenvalue weighted by Crippen LogP contribution is 2.21. The number of aromatic nitrogens is 2. The Bertz CT molecular complexity index is 557. The number of carboxylic acid groups (broad SMARTS) is 1. The van der Waals surface area contributed by atoms with Crippen LogP contribution in [-0.4, -0.2) is 44.0 Å². The second-order valence-corrected chi connectivity index (χ2v) is 5.85. The molecular formula is C13H19N3O4. The third-order valence-electron chi connectivity index (χ3n) is 3.10. The van der Waals surface area contributed by atoms with Crippen LogP contribution in [0.1, 0.15) is 42.5 Å². The summed E-state index contributed by atoms with van der Waals surface area (Å²) in [6.45, 7) is 8.40. The first kappa shape index (κ1) is 14.4. The Labute approximate surface area is 117 Å². The van der Waals surface area contributed by atoms with Gasteiger partial charge < -0.3 is 14.7 Å². The summed E-state index contributed by atoms with van der Waals surface area (Å²) in [6.07, 6.45) is -0.388. The zero-order chi connectivity index (χ0) is 15.1. The van der Waals surface area contributed by atoms with Crippen molar-refractivity contribution in [1.82, 2.24) is 14.7 Å². The van der Waals surface area contributed by atoms with Gasteiger partial charge >= 0.3 is 12.1 Å². The Hall–Kier alpha value is -2.05. The van der Waals surface area contributed by atoms with Crippen LogP contribution in [0.2, 0.25) is 0 Å². The number of hydrogen-bond acceptors (Lipinski definition) is 4. The summed E-state index contributed by atoms with van der Waals surface area (Å²) in [5.41, 5.74) is 0.854. The van der Waals surface area contributed by atoms with Crippen molar-refractivity contribution in [3.8, 4) is 0 Å². The number of ether oxygens (including phenoxy) is 1. The van der Waals surface area contributed by atoms with E-state index in [0.29, 0.717) is 25.2 Å². The van der Waals surface area contributed by atoms with Gasteiger partial charge in [-0.1, -0.05) is 0 Å². The second kappa shape index (κ2) is 4.81. The van der Waals surface area contributed by atoms with Gasteiger partial charge in [-0.05, 0) is 27.7 Å². The molecule has 1 amide bonds. The molecular weight excluding hydrogens is 262 g/mol. The lowest BCUT2D eigenvalue weighted by atomic mass is 10.1. The maximum Gasteiger partial charge on any atom is 0.410 e. The van der Waals surface area contributed by atoms with Crippen molar-refractivity contribution in [1.29, 1.82) is 0 Å². The summed E-state index contributed by atoms with van der Waals surface area (Å²) in [5, 5.41) is 13.1. The SMILES string of the molecule is Cc1c(C(=O)O)nn2c1CN(C(=O)OC(C)(C)C)CC2. The molecule has 1 aromatic heterocycles. The summed E-state index contributed by atoms with van der Waals surface area (Å²) in [4.78, 5) is 24.7. The molecule has 0 bridgehead atoms. The zero-order valence-corrected chi connectivity index (χ0v) is 12.1. The highest BCUT2D eigenvalue weighted by molar-refractivity contribution is 5.87. The number of carbonyl (C=O) groups is 2. The first-order valence-corrected chi connectivity index (χ1v) is 6.46. The summed E-state index contributed by atoms with van der Waals surface area (Å²) in [7, 11) is 0. The third kappa shape index (κ3) is 2.76. The minimum Gasteiger partial charge on any atom is -0.476 e. The van der Waals surface area contributed by atoms with Crippen molar-refractivity contribution >= 4 is 12.1 Å². The van der Waals surface area contributed by atoms with E-state index in [1.807, 2.05) is 20.8 Å². The lowest BCUT2D eigenvalue weighted by molar-refractivity contribution is 0.0193. The molecule has 7 heteroatoms. The average Bonchev–Trinajstić information content (AvgIpc) is 2.64. The van der Waals surface area contributed by atoms with Gasteiger partial charge in [0.15, 0.2) is 5.69 Å². The van der Waals surface area contributed by atoms with Gasteiger partial charge in [0, 0.05) is 12.1 Å². The fourth-order valence-electron chi connectivity index (χ4n) is 2.13. The fourth-order valence-corrected chi connectivity index (χ4v) is 2.13. The number of aromatic carboxylic acids is 1.